The monoisotopic (exact) mass is 414 g/mol. The fraction of sp³-hybridized carbons (Fsp3) is 0.857. The average Bonchev–Trinajstić information content (AvgIpc) is 2.41. The molecule has 8 nitrogen and oxygen atoms in total. The summed E-state index contributed by atoms with van der Waals surface area (Å²) >= 11 is 0. The van der Waals surface area contributed by atoms with Crippen LogP contribution in [0.2, 0.25) is 0 Å². The smallest absolute Gasteiger partial charge is 0.308 e. The summed E-state index contributed by atoms with van der Waals surface area (Å²) in [5.74, 6) is -1.63. The number of rotatable bonds is 13. The van der Waals surface area contributed by atoms with Crippen LogP contribution in [0.4, 0.5) is 0 Å². The van der Waals surface area contributed by atoms with Gasteiger partial charge in [0, 0.05) is 18.7 Å². The highest BCUT2D eigenvalue weighted by Gasteiger charge is 2.40. The third-order valence-electron chi connectivity index (χ3n) is 4.89. The van der Waals surface area contributed by atoms with Crippen molar-refractivity contribution in [3.05, 3.63) is 0 Å². The molecule has 0 aromatic rings. The molecule has 0 aromatic heterocycles. The summed E-state index contributed by atoms with van der Waals surface area (Å²) in [6.45, 7) is 16.0. The van der Waals surface area contributed by atoms with E-state index in [9.17, 15) is 14.7 Å². The molecule has 0 saturated heterocycles. The van der Waals surface area contributed by atoms with E-state index in [4.69, 9.17) is 15.9 Å². The summed E-state index contributed by atoms with van der Waals surface area (Å²) in [6.07, 6.45) is 1.54. The van der Waals surface area contributed by atoms with E-state index in [0.717, 1.165) is 6.42 Å². The van der Waals surface area contributed by atoms with Crippen molar-refractivity contribution < 1.29 is 19.4 Å². The zero-order chi connectivity index (χ0) is 23.0. The SMILES string of the molecule is CC(C)CCOC(C)(C)CC(=O)NCC(C(=O)O)C(C)(C)CC(C)(C)NC(=N)N. The standard InChI is InChI=1S/C21H42N4O4/c1-14(2)9-10-29-21(7,8)11-16(26)24-12-15(17(27)28)19(3,4)13-20(5,6)25-18(22)23/h14-15H,9-13H2,1-8H3,(H,24,26)(H,27,28)(H4,22,23,25). The summed E-state index contributed by atoms with van der Waals surface area (Å²) in [5, 5.41) is 22.8. The van der Waals surface area contributed by atoms with E-state index in [1.165, 1.54) is 0 Å². The molecule has 0 aliphatic heterocycles. The van der Waals surface area contributed by atoms with E-state index in [0.29, 0.717) is 18.9 Å². The van der Waals surface area contributed by atoms with Gasteiger partial charge in [0.1, 0.15) is 0 Å². The van der Waals surface area contributed by atoms with Gasteiger partial charge in [-0.25, -0.2) is 0 Å². The van der Waals surface area contributed by atoms with Crippen LogP contribution in [0.25, 0.3) is 0 Å². The van der Waals surface area contributed by atoms with E-state index < -0.39 is 28.4 Å². The molecule has 0 bridgehead atoms. The Hall–Kier alpha value is -1.83. The molecule has 0 radical (unpaired) electrons. The summed E-state index contributed by atoms with van der Waals surface area (Å²) in [7, 11) is 0. The van der Waals surface area contributed by atoms with Crippen molar-refractivity contribution in [3.8, 4) is 0 Å². The third-order valence-corrected chi connectivity index (χ3v) is 4.89. The number of guanidine groups is 1. The summed E-state index contributed by atoms with van der Waals surface area (Å²) in [4.78, 5) is 24.3. The molecule has 0 aliphatic rings. The van der Waals surface area contributed by atoms with Crippen molar-refractivity contribution in [1.29, 1.82) is 5.41 Å². The first-order chi connectivity index (χ1) is 13.0. The molecule has 0 spiro atoms. The first kappa shape index (κ1) is 27.2. The van der Waals surface area contributed by atoms with Crippen molar-refractivity contribution in [2.45, 2.75) is 85.8 Å². The fourth-order valence-corrected chi connectivity index (χ4v) is 3.66. The Morgan fingerprint density at radius 3 is 2.14 bits per heavy atom. The molecule has 0 saturated carbocycles. The Balaban J connectivity index is 4.90. The number of carboxylic acid groups (broad SMARTS) is 1. The van der Waals surface area contributed by atoms with Crippen molar-refractivity contribution >= 4 is 17.8 Å². The van der Waals surface area contributed by atoms with Crippen LogP contribution in [0.15, 0.2) is 0 Å². The quantitative estimate of drug-likeness (QED) is 0.232. The van der Waals surface area contributed by atoms with Gasteiger partial charge >= 0.3 is 5.97 Å². The van der Waals surface area contributed by atoms with Gasteiger partial charge < -0.3 is 26.2 Å². The van der Waals surface area contributed by atoms with Crippen molar-refractivity contribution in [2.75, 3.05) is 13.2 Å². The maximum atomic E-state index is 12.4. The summed E-state index contributed by atoms with van der Waals surface area (Å²) in [5.41, 5.74) is 3.62. The molecule has 6 N–H and O–H groups in total. The Morgan fingerprint density at radius 2 is 1.69 bits per heavy atom. The predicted molar refractivity (Wildman–Crippen MR) is 116 cm³/mol. The first-order valence-electron chi connectivity index (χ1n) is 10.2. The molecule has 29 heavy (non-hydrogen) atoms. The summed E-state index contributed by atoms with van der Waals surface area (Å²) < 4.78 is 5.82. The number of hydrogen-bond acceptors (Lipinski definition) is 4. The lowest BCUT2D eigenvalue weighted by atomic mass is 9.71. The van der Waals surface area contributed by atoms with Crippen molar-refractivity contribution in [3.63, 3.8) is 0 Å². The lowest BCUT2D eigenvalue weighted by Crippen LogP contribution is -2.52. The highest BCUT2D eigenvalue weighted by atomic mass is 16.5. The second-order valence-electron chi connectivity index (χ2n) is 10.3. The number of carbonyl (C=O) groups excluding carboxylic acids is 1. The number of hydrogen-bond donors (Lipinski definition) is 5. The number of carbonyl (C=O) groups is 2. The Labute approximate surface area is 175 Å². The van der Waals surface area contributed by atoms with Crippen LogP contribution >= 0.6 is 0 Å². The van der Waals surface area contributed by atoms with Gasteiger partial charge in [-0.1, -0.05) is 27.7 Å². The highest BCUT2D eigenvalue weighted by Crippen LogP contribution is 2.35. The van der Waals surface area contributed by atoms with Crippen LogP contribution in [-0.4, -0.2) is 47.2 Å². The number of amides is 1. The van der Waals surface area contributed by atoms with E-state index in [1.807, 2.05) is 41.5 Å². The van der Waals surface area contributed by atoms with Gasteiger partial charge in [-0.15, -0.1) is 0 Å². The molecule has 8 heteroatoms. The zero-order valence-corrected chi connectivity index (χ0v) is 19.4. The number of aliphatic carboxylic acids is 1. The molecule has 0 heterocycles. The van der Waals surface area contributed by atoms with Gasteiger partial charge in [0.2, 0.25) is 5.91 Å². The second kappa shape index (κ2) is 10.8. The molecule has 0 fully saturated rings. The number of nitrogens with two attached hydrogens (primary N) is 1. The predicted octanol–water partition coefficient (Wildman–Crippen LogP) is 2.71. The van der Waals surface area contributed by atoms with E-state index in [-0.39, 0.29) is 24.8 Å². The normalized spacial score (nSPS) is 13.8. The third kappa shape index (κ3) is 11.7. The van der Waals surface area contributed by atoms with Crippen molar-refractivity contribution in [2.24, 2.45) is 23.0 Å². The van der Waals surface area contributed by atoms with Gasteiger partial charge in [0.05, 0.1) is 17.9 Å². The van der Waals surface area contributed by atoms with Crippen LogP contribution in [0.5, 0.6) is 0 Å². The van der Waals surface area contributed by atoms with Gasteiger partial charge in [-0.05, 0) is 51.9 Å². The maximum Gasteiger partial charge on any atom is 0.308 e. The Bertz CT molecular complexity index is 571. The van der Waals surface area contributed by atoms with Crippen molar-refractivity contribution in [1.82, 2.24) is 10.6 Å². The zero-order valence-electron chi connectivity index (χ0n) is 19.4. The van der Waals surface area contributed by atoms with Crippen LogP contribution < -0.4 is 16.4 Å². The number of nitrogens with one attached hydrogen (secondary N) is 3. The average molecular weight is 415 g/mol. The fourth-order valence-electron chi connectivity index (χ4n) is 3.66. The van der Waals surface area contributed by atoms with Crippen LogP contribution in [0.3, 0.4) is 0 Å². The van der Waals surface area contributed by atoms with Crippen LogP contribution in [-0.2, 0) is 14.3 Å². The minimum Gasteiger partial charge on any atom is -0.481 e. The molecular weight excluding hydrogens is 372 g/mol. The Morgan fingerprint density at radius 1 is 1.14 bits per heavy atom. The molecule has 1 amide bonds. The van der Waals surface area contributed by atoms with Crippen LogP contribution in [0.1, 0.15) is 74.7 Å². The molecule has 0 aromatic carbocycles. The number of ether oxygens (including phenoxy) is 1. The molecule has 1 unspecified atom stereocenters. The lowest BCUT2D eigenvalue weighted by Gasteiger charge is -2.39. The second-order valence-corrected chi connectivity index (χ2v) is 10.3. The summed E-state index contributed by atoms with van der Waals surface area (Å²) in [6, 6.07) is 0. The minimum absolute atomic E-state index is 0.0272. The molecular formula is C21H42N4O4. The maximum absolute atomic E-state index is 12.4. The van der Waals surface area contributed by atoms with Gasteiger partial charge in [-0.2, -0.15) is 0 Å². The van der Waals surface area contributed by atoms with Gasteiger partial charge in [0.25, 0.3) is 0 Å². The van der Waals surface area contributed by atoms with E-state index >= 15 is 0 Å². The topological polar surface area (TPSA) is 138 Å². The largest absolute Gasteiger partial charge is 0.481 e. The molecule has 0 rings (SSSR count). The molecule has 0 aliphatic carbocycles. The van der Waals surface area contributed by atoms with E-state index in [2.05, 4.69) is 24.5 Å². The highest BCUT2D eigenvalue weighted by molar-refractivity contribution is 5.78. The lowest BCUT2D eigenvalue weighted by molar-refractivity contribution is -0.146. The van der Waals surface area contributed by atoms with Crippen LogP contribution in [0, 0.1) is 22.7 Å². The van der Waals surface area contributed by atoms with E-state index in [1.54, 1.807) is 0 Å². The molecule has 1 atom stereocenters. The van der Waals surface area contributed by atoms with Gasteiger partial charge in [-0.3, -0.25) is 15.0 Å². The Kier molecular flexibility index (Phi) is 10.1. The number of carboxylic acids is 1. The molecule has 170 valence electrons. The minimum atomic E-state index is -0.971. The first-order valence-corrected chi connectivity index (χ1v) is 10.2. The van der Waals surface area contributed by atoms with Gasteiger partial charge in [0.15, 0.2) is 5.96 Å².